The van der Waals surface area contributed by atoms with Crippen LogP contribution in [0.2, 0.25) is 0 Å². The average Bonchev–Trinajstić information content (AvgIpc) is 3.16. The van der Waals surface area contributed by atoms with E-state index in [4.69, 9.17) is 8.57 Å². The molecule has 0 saturated carbocycles. The molecule has 0 N–H and O–H groups in total. The lowest BCUT2D eigenvalue weighted by Gasteiger charge is -2.29. The van der Waals surface area contributed by atoms with Crippen LogP contribution >= 0.6 is 0 Å². The molecule has 2 fully saturated rings. The summed E-state index contributed by atoms with van der Waals surface area (Å²) in [5.74, 6) is -0.134. The fourth-order valence-corrected chi connectivity index (χ4v) is 5.41. The molecule has 4 aliphatic rings. The molecule has 0 spiro atoms. The summed E-state index contributed by atoms with van der Waals surface area (Å²) in [6, 6.07) is -0.632. The number of hydroxylamine groups is 4. The average molecular weight is 477 g/mol. The molecule has 4 rings (SSSR count). The summed E-state index contributed by atoms with van der Waals surface area (Å²) in [7, 11) is -4.90. The third kappa shape index (κ3) is 3.72. The Labute approximate surface area is 192 Å². The molecule has 0 aromatic rings. The molecule has 4 heterocycles. The largest absolute Gasteiger partial charge is 0.442 e. The first-order chi connectivity index (χ1) is 15.5. The molecule has 4 amide bonds. The Morgan fingerprint density at radius 3 is 1.52 bits per heavy atom. The molecule has 12 nitrogen and oxygen atoms in total. The van der Waals surface area contributed by atoms with Gasteiger partial charge in [0.25, 0.3) is 0 Å². The predicted molar refractivity (Wildman–Crippen MR) is 111 cm³/mol. The van der Waals surface area contributed by atoms with Gasteiger partial charge in [0.2, 0.25) is 0 Å². The minimum atomic E-state index is -4.90. The monoisotopic (exact) mass is 476 g/mol. The quantitative estimate of drug-likeness (QED) is 0.521. The van der Waals surface area contributed by atoms with Crippen molar-refractivity contribution in [3.8, 4) is 12.1 Å². The lowest BCUT2D eigenvalue weighted by atomic mass is 9.91. The molecule has 4 unspecified atom stereocenters. The molecular weight excluding hydrogens is 452 g/mol. The number of nitrogens with zero attached hydrogens (tertiary/aromatic N) is 6. The molecular formula is C20H24N6O6S. The van der Waals surface area contributed by atoms with E-state index in [0.717, 1.165) is 0 Å². The summed E-state index contributed by atoms with van der Waals surface area (Å²) in [6.07, 6.45) is 3.27. The molecule has 0 aromatic carbocycles. The van der Waals surface area contributed by atoms with Crippen molar-refractivity contribution >= 4 is 22.5 Å². The maximum atomic E-state index is 12.8. The Morgan fingerprint density at radius 1 is 0.848 bits per heavy atom. The minimum Gasteiger partial charge on any atom is -0.301 e. The zero-order valence-corrected chi connectivity index (χ0v) is 19.4. The van der Waals surface area contributed by atoms with Gasteiger partial charge in [-0.2, -0.15) is 29.1 Å². The van der Waals surface area contributed by atoms with E-state index in [9.17, 15) is 28.5 Å². The van der Waals surface area contributed by atoms with E-state index in [2.05, 4.69) is 0 Å². The smallest absolute Gasteiger partial charge is 0.301 e. The zero-order valence-electron chi connectivity index (χ0n) is 18.6. The molecule has 0 radical (unpaired) electrons. The Bertz CT molecular complexity index is 1050. The van der Waals surface area contributed by atoms with E-state index in [0.29, 0.717) is 21.3 Å². The van der Waals surface area contributed by atoms with E-state index in [1.807, 2.05) is 39.8 Å². The molecule has 4 bridgehead atoms. The lowest BCUT2D eigenvalue weighted by molar-refractivity contribution is -0.0762. The van der Waals surface area contributed by atoms with Crippen molar-refractivity contribution in [3.63, 3.8) is 0 Å². The van der Waals surface area contributed by atoms with Crippen molar-refractivity contribution < 1.29 is 26.6 Å². The molecule has 4 atom stereocenters. The normalized spacial score (nSPS) is 29.0. The SMILES string of the molecule is CC(C)C1=CC(C#N)N2CC1N(OS(=O)(=O)ON1C(=O)N3CC1C(C(C)C)=CC3C#N)C2=O. The summed E-state index contributed by atoms with van der Waals surface area (Å²) < 4.78 is 35.8. The highest BCUT2D eigenvalue weighted by Gasteiger charge is 2.52. The van der Waals surface area contributed by atoms with Crippen LogP contribution in [0, 0.1) is 34.5 Å². The van der Waals surface area contributed by atoms with Gasteiger partial charge in [0.05, 0.1) is 25.2 Å². The molecule has 13 heteroatoms. The van der Waals surface area contributed by atoms with Gasteiger partial charge in [-0.15, -0.1) is 8.57 Å². The fourth-order valence-electron chi connectivity index (χ4n) is 4.66. The van der Waals surface area contributed by atoms with E-state index in [1.54, 1.807) is 12.2 Å². The van der Waals surface area contributed by atoms with Crippen molar-refractivity contribution in [2.45, 2.75) is 51.9 Å². The van der Waals surface area contributed by atoms with E-state index < -0.39 is 46.6 Å². The summed E-state index contributed by atoms with van der Waals surface area (Å²) in [6.45, 7) is 7.66. The highest BCUT2D eigenvalue weighted by atomic mass is 32.3. The van der Waals surface area contributed by atoms with E-state index in [-0.39, 0.29) is 24.9 Å². The summed E-state index contributed by atoms with van der Waals surface area (Å²) in [5.41, 5.74) is 1.39. The van der Waals surface area contributed by atoms with Crippen LogP contribution in [0.3, 0.4) is 0 Å². The summed E-state index contributed by atoms with van der Waals surface area (Å²) >= 11 is 0. The highest BCUT2D eigenvalue weighted by molar-refractivity contribution is 7.81. The van der Waals surface area contributed by atoms with Gasteiger partial charge in [0, 0.05) is 0 Å². The first-order valence-electron chi connectivity index (χ1n) is 10.5. The van der Waals surface area contributed by atoms with E-state index >= 15 is 0 Å². The Morgan fingerprint density at radius 2 is 1.21 bits per heavy atom. The molecule has 4 aliphatic heterocycles. The first kappa shape index (κ1) is 23.0. The summed E-state index contributed by atoms with van der Waals surface area (Å²) in [4.78, 5) is 28.0. The standard InChI is InChI=1S/C20H24N6O6S/c1-11(2)15-5-13(7-21)23-9-17(15)25(19(23)27)31-33(29,30)32-26-18-10-24(20(26)28)14(8-22)6-16(18)12(3)4/h5-6,11-14,17-18H,9-10H2,1-4H3. The van der Waals surface area contributed by atoms with E-state index in [1.165, 1.54) is 9.80 Å². The van der Waals surface area contributed by atoms with Gasteiger partial charge in [0.1, 0.15) is 24.2 Å². The second-order valence-corrected chi connectivity index (χ2v) is 10.0. The number of carbonyl (C=O) groups is 2. The van der Waals surface area contributed by atoms with Crippen LogP contribution in [0.4, 0.5) is 9.59 Å². The highest BCUT2D eigenvalue weighted by Crippen LogP contribution is 2.36. The van der Waals surface area contributed by atoms with Crippen LogP contribution in [-0.4, -0.2) is 77.7 Å². The Kier molecular flexibility index (Phi) is 5.60. The fraction of sp³-hybridized carbons (Fsp3) is 0.600. The second kappa shape index (κ2) is 8.02. The molecule has 2 saturated heterocycles. The van der Waals surface area contributed by atoms with Crippen LogP contribution in [-0.2, 0) is 19.0 Å². The van der Waals surface area contributed by atoms with Crippen LogP contribution in [0.1, 0.15) is 27.7 Å². The van der Waals surface area contributed by atoms with Crippen molar-refractivity contribution in [2.24, 2.45) is 11.8 Å². The third-order valence-electron chi connectivity index (χ3n) is 6.26. The Hall–Kier alpha value is -3.13. The number of hydrogen-bond acceptors (Lipinski definition) is 8. The number of fused-ring (bicyclic) bond motifs is 4. The van der Waals surface area contributed by atoms with Crippen molar-refractivity contribution in [3.05, 3.63) is 23.3 Å². The number of hydrogen-bond donors (Lipinski definition) is 0. The third-order valence-corrected chi connectivity index (χ3v) is 6.94. The van der Waals surface area contributed by atoms with Crippen LogP contribution < -0.4 is 0 Å². The topological polar surface area (TPSA) is 147 Å². The molecule has 0 aliphatic carbocycles. The van der Waals surface area contributed by atoms with Crippen LogP contribution in [0.5, 0.6) is 0 Å². The first-order valence-corrected chi connectivity index (χ1v) is 11.9. The summed E-state index contributed by atoms with van der Waals surface area (Å²) in [5, 5.41) is 20.2. The zero-order chi connectivity index (χ0) is 24.2. The number of carbonyl (C=O) groups excluding carboxylic acids is 2. The number of urea groups is 2. The maximum absolute atomic E-state index is 12.8. The van der Waals surface area contributed by atoms with Crippen LogP contribution in [0.25, 0.3) is 0 Å². The second-order valence-electron chi connectivity index (χ2n) is 8.90. The van der Waals surface area contributed by atoms with Crippen molar-refractivity contribution in [1.29, 1.82) is 10.5 Å². The van der Waals surface area contributed by atoms with Gasteiger partial charge in [-0.05, 0) is 35.1 Å². The van der Waals surface area contributed by atoms with Gasteiger partial charge in [-0.3, -0.25) is 0 Å². The van der Waals surface area contributed by atoms with Gasteiger partial charge < -0.3 is 9.80 Å². The Balaban J connectivity index is 1.57. The van der Waals surface area contributed by atoms with Crippen LogP contribution in [0.15, 0.2) is 23.3 Å². The maximum Gasteiger partial charge on any atom is 0.442 e. The molecule has 33 heavy (non-hydrogen) atoms. The van der Waals surface area contributed by atoms with Gasteiger partial charge in [0.15, 0.2) is 0 Å². The number of amides is 4. The molecule has 0 aromatic heterocycles. The van der Waals surface area contributed by atoms with Gasteiger partial charge >= 0.3 is 22.5 Å². The number of nitriles is 2. The minimum absolute atomic E-state index is 0.0671. The van der Waals surface area contributed by atoms with Crippen molar-refractivity contribution in [1.82, 2.24) is 19.9 Å². The molecule has 176 valence electrons. The predicted octanol–water partition coefficient (Wildman–Crippen LogP) is 1.28. The number of rotatable bonds is 6. The van der Waals surface area contributed by atoms with Gasteiger partial charge in [-0.1, -0.05) is 27.7 Å². The van der Waals surface area contributed by atoms with Gasteiger partial charge in [-0.25, -0.2) is 9.59 Å². The lowest BCUT2D eigenvalue weighted by Crippen LogP contribution is -2.42. The van der Waals surface area contributed by atoms with Crippen molar-refractivity contribution in [2.75, 3.05) is 13.1 Å².